The third-order valence-corrected chi connectivity index (χ3v) is 5.44. The Morgan fingerprint density at radius 1 is 1.18 bits per heavy atom. The van der Waals surface area contributed by atoms with Crippen molar-refractivity contribution in [3.63, 3.8) is 0 Å². The van der Waals surface area contributed by atoms with E-state index in [4.69, 9.17) is 0 Å². The second-order valence-electron chi connectivity index (χ2n) is 4.04. The summed E-state index contributed by atoms with van der Waals surface area (Å²) in [6.45, 7) is 0. The van der Waals surface area contributed by atoms with Gasteiger partial charge in [-0.1, -0.05) is 0 Å². The van der Waals surface area contributed by atoms with Crippen molar-refractivity contribution in [2.24, 2.45) is 11.8 Å². The van der Waals surface area contributed by atoms with Gasteiger partial charge in [-0.05, 0) is 31.1 Å². The van der Waals surface area contributed by atoms with Crippen LogP contribution in [-0.4, -0.2) is 19.7 Å². The van der Waals surface area contributed by atoms with Crippen LogP contribution in [0.2, 0.25) is 0 Å². The Morgan fingerprint density at radius 3 is 2.55 bits per heavy atom. The van der Waals surface area contributed by atoms with Crippen LogP contribution in [0.4, 0.5) is 0 Å². The summed E-state index contributed by atoms with van der Waals surface area (Å²) in [5.41, 5.74) is 0. The van der Waals surface area contributed by atoms with E-state index in [1.165, 1.54) is 0 Å². The van der Waals surface area contributed by atoms with Gasteiger partial charge in [0, 0.05) is 6.04 Å². The minimum absolute atomic E-state index is 0.0220. The van der Waals surface area contributed by atoms with Crippen LogP contribution in [-0.2, 0) is 10.0 Å². The molecule has 4 unspecified atom stereocenters. The molecule has 3 rings (SSSR count). The minimum atomic E-state index is -2.88. The van der Waals surface area contributed by atoms with E-state index >= 15 is 0 Å². The summed E-state index contributed by atoms with van der Waals surface area (Å²) in [5, 5.41) is -0.0220. The van der Waals surface area contributed by atoms with Gasteiger partial charge in [-0.15, -0.1) is 0 Å². The molecule has 2 saturated carbocycles. The molecule has 2 bridgehead atoms. The van der Waals surface area contributed by atoms with Gasteiger partial charge in [0.2, 0.25) is 10.0 Å². The van der Waals surface area contributed by atoms with Crippen molar-refractivity contribution >= 4 is 10.0 Å². The monoisotopic (exact) mass is 173 g/mol. The molecule has 0 radical (unpaired) electrons. The van der Waals surface area contributed by atoms with Gasteiger partial charge in [0.25, 0.3) is 0 Å². The summed E-state index contributed by atoms with van der Waals surface area (Å²) in [4.78, 5) is 0. The lowest BCUT2D eigenvalue weighted by Gasteiger charge is -2.13. The van der Waals surface area contributed by atoms with Crippen LogP contribution in [0.15, 0.2) is 0 Å². The van der Waals surface area contributed by atoms with E-state index in [1.807, 2.05) is 0 Å². The fraction of sp³-hybridized carbons (Fsp3) is 1.00. The van der Waals surface area contributed by atoms with E-state index in [9.17, 15) is 8.42 Å². The normalized spacial score (nSPS) is 57.1. The summed E-state index contributed by atoms with van der Waals surface area (Å²) < 4.78 is 25.5. The Labute approximate surface area is 66.2 Å². The molecule has 0 amide bonds. The van der Waals surface area contributed by atoms with Gasteiger partial charge in [-0.25, -0.2) is 13.1 Å². The van der Waals surface area contributed by atoms with Crippen LogP contribution in [0.25, 0.3) is 0 Å². The lowest BCUT2D eigenvalue weighted by molar-refractivity contribution is 0.439. The maximum absolute atomic E-state index is 11.4. The van der Waals surface area contributed by atoms with Crippen LogP contribution in [0.5, 0.6) is 0 Å². The molecule has 2 aliphatic carbocycles. The van der Waals surface area contributed by atoms with E-state index in [1.54, 1.807) is 0 Å². The summed E-state index contributed by atoms with van der Waals surface area (Å²) in [7, 11) is -2.88. The summed E-state index contributed by atoms with van der Waals surface area (Å²) in [6, 6.07) is 0.309. The van der Waals surface area contributed by atoms with Gasteiger partial charge >= 0.3 is 0 Å². The first-order valence-electron chi connectivity index (χ1n) is 4.18. The van der Waals surface area contributed by atoms with Crippen LogP contribution >= 0.6 is 0 Å². The van der Waals surface area contributed by atoms with Gasteiger partial charge in [0.05, 0.1) is 5.25 Å². The van der Waals surface area contributed by atoms with Crippen molar-refractivity contribution in [2.75, 3.05) is 0 Å². The highest BCUT2D eigenvalue weighted by molar-refractivity contribution is 7.90. The van der Waals surface area contributed by atoms with E-state index < -0.39 is 10.0 Å². The molecule has 4 atom stereocenters. The lowest BCUT2D eigenvalue weighted by atomic mass is 9.96. The van der Waals surface area contributed by atoms with E-state index in [-0.39, 0.29) is 5.25 Å². The number of fused-ring (bicyclic) bond motifs is 1. The predicted molar refractivity (Wildman–Crippen MR) is 40.5 cm³/mol. The number of sulfonamides is 1. The molecule has 3 fully saturated rings. The molecule has 0 aromatic heterocycles. The van der Waals surface area contributed by atoms with Crippen LogP contribution in [0, 0.1) is 11.8 Å². The van der Waals surface area contributed by atoms with Gasteiger partial charge in [0.15, 0.2) is 0 Å². The van der Waals surface area contributed by atoms with E-state index in [0.717, 1.165) is 19.3 Å². The largest absolute Gasteiger partial charge is 0.215 e. The van der Waals surface area contributed by atoms with Crippen molar-refractivity contribution in [2.45, 2.75) is 30.6 Å². The van der Waals surface area contributed by atoms with Crippen molar-refractivity contribution in [1.29, 1.82) is 0 Å². The third kappa shape index (κ3) is 0.649. The van der Waals surface area contributed by atoms with Crippen molar-refractivity contribution in [3.8, 4) is 0 Å². The maximum atomic E-state index is 11.4. The Kier molecular flexibility index (Phi) is 0.958. The molecule has 3 nitrogen and oxygen atoms in total. The standard InChI is InChI=1S/C7H11NO2S/c9-11(10)7-3-4-1-5(7)6(2-4)8-11/h4-8H,1-3H2. The predicted octanol–water partition coefficient (Wildman–Crippen LogP) is 0.0865. The van der Waals surface area contributed by atoms with Crippen molar-refractivity contribution in [3.05, 3.63) is 0 Å². The number of hydrogen-bond donors (Lipinski definition) is 1. The van der Waals surface area contributed by atoms with Crippen LogP contribution in [0.3, 0.4) is 0 Å². The molecule has 3 aliphatic rings. The highest BCUT2D eigenvalue weighted by atomic mass is 32.2. The highest BCUT2D eigenvalue weighted by Crippen LogP contribution is 2.51. The Balaban J connectivity index is 2.14. The Bertz CT molecular complexity index is 296. The molecule has 1 saturated heterocycles. The van der Waals surface area contributed by atoms with E-state index in [0.29, 0.717) is 17.9 Å². The Morgan fingerprint density at radius 2 is 2.00 bits per heavy atom. The number of hydrogen-bond acceptors (Lipinski definition) is 2. The number of rotatable bonds is 0. The van der Waals surface area contributed by atoms with E-state index in [2.05, 4.69) is 4.72 Å². The molecular weight excluding hydrogens is 162 g/mol. The van der Waals surface area contributed by atoms with Crippen molar-refractivity contribution in [1.82, 2.24) is 4.72 Å². The van der Waals surface area contributed by atoms with Crippen LogP contribution < -0.4 is 4.72 Å². The third-order valence-electron chi connectivity index (χ3n) is 3.47. The average Bonchev–Trinajstić information content (AvgIpc) is 2.44. The zero-order valence-electron chi connectivity index (χ0n) is 6.16. The number of nitrogens with one attached hydrogen (secondary N) is 1. The highest BCUT2D eigenvalue weighted by Gasteiger charge is 2.57. The van der Waals surface area contributed by atoms with Gasteiger partial charge in [-0.2, -0.15) is 0 Å². The Hall–Kier alpha value is -0.0900. The van der Waals surface area contributed by atoms with Gasteiger partial charge in [-0.3, -0.25) is 0 Å². The zero-order valence-corrected chi connectivity index (χ0v) is 6.97. The maximum Gasteiger partial charge on any atom is 0.215 e. The average molecular weight is 173 g/mol. The molecule has 0 aromatic carbocycles. The van der Waals surface area contributed by atoms with Gasteiger partial charge < -0.3 is 0 Å². The molecule has 1 N–H and O–H groups in total. The molecule has 0 spiro atoms. The molecular formula is C7H11NO2S. The fourth-order valence-electron chi connectivity index (χ4n) is 3.08. The zero-order chi connectivity index (χ0) is 7.64. The molecule has 1 aliphatic heterocycles. The SMILES string of the molecule is O=S1(=O)NC2CC3CC2C1C3. The summed E-state index contributed by atoms with van der Waals surface area (Å²) >= 11 is 0. The molecule has 11 heavy (non-hydrogen) atoms. The molecule has 62 valence electrons. The summed E-state index contributed by atoms with van der Waals surface area (Å²) in [6.07, 6.45) is 3.18. The fourth-order valence-corrected chi connectivity index (χ4v) is 5.23. The molecule has 4 heteroatoms. The lowest BCUT2D eigenvalue weighted by Crippen LogP contribution is -2.25. The minimum Gasteiger partial charge on any atom is -0.212 e. The first-order chi connectivity index (χ1) is 5.17. The smallest absolute Gasteiger partial charge is 0.212 e. The second-order valence-corrected chi connectivity index (χ2v) is 5.98. The first-order valence-corrected chi connectivity index (χ1v) is 5.72. The second kappa shape index (κ2) is 1.64. The molecule has 1 heterocycles. The van der Waals surface area contributed by atoms with Crippen molar-refractivity contribution < 1.29 is 8.42 Å². The molecule has 0 aromatic rings. The van der Waals surface area contributed by atoms with Crippen LogP contribution in [0.1, 0.15) is 19.3 Å². The quantitative estimate of drug-likeness (QED) is 0.564. The topological polar surface area (TPSA) is 46.2 Å². The van der Waals surface area contributed by atoms with Gasteiger partial charge in [0.1, 0.15) is 0 Å². The summed E-state index contributed by atoms with van der Waals surface area (Å²) in [5.74, 6) is 1.17. The first kappa shape index (κ1) is 6.43.